The summed E-state index contributed by atoms with van der Waals surface area (Å²) < 4.78 is 31.5. The highest BCUT2D eigenvalue weighted by atomic mass is 19.2. The Morgan fingerprint density at radius 2 is 2.00 bits per heavy atom. The van der Waals surface area contributed by atoms with Gasteiger partial charge >= 0.3 is 0 Å². The summed E-state index contributed by atoms with van der Waals surface area (Å²) in [5.74, 6) is 0.224. The minimum absolute atomic E-state index is 0.297. The third-order valence-electron chi connectivity index (χ3n) is 4.81. The number of guanidine groups is 1. The smallest absolute Gasteiger partial charge is 0.191 e. The molecule has 3 rings (SSSR count). The fourth-order valence-electron chi connectivity index (χ4n) is 3.25. The number of pyridine rings is 1. The van der Waals surface area contributed by atoms with Crippen LogP contribution in [0.15, 0.2) is 41.4 Å². The maximum atomic E-state index is 13.2. The molecule has 2 heterocycles. The summed E-state index contributed by atoms with van der Waals surface area (Å²) in [7, 11) is 1.72. The van der Waals surface area contributed by atoms with Crippen LogP contribution >= 0.6 is 0 Å². The van der Waals surface area contributed by atoms with Crippen molar-refractivity contribution in [2.45, 2.75) is 25.8 Å². The summed E-state index contributed by atoms with van der Waals surface area (Å²) in [6, 6.07) is 9.92. The molecule has 1 aliphatic heterocycles. The highest BCUT2D eigenvalue weighted by molar-refractivity contribution is 5.80. The highest BCUT2D eigenvalue weighted by Crippen LogP contribution is 2.18. The molecule has 156 valence electrons. The molecule has 1 aromatic heterocycles. The van der Waals surface area contributed by atoms with Gasteiger partial charge in [0.25, 0.3) is 0 Å². The molecular weight excluding hydrogens is 376 g/mol. The van der Waals surface area contributed by atoms with E-state index in [9.17, 15) is 8.78 Å². The lowest BCUT2D eigenvalue weighted by molar-refractivity contribution is 0.318. The van der Waals surface area contributed by atoms with E-state index >= 15 is 0 Å². The lowest BCUT2D eigenvalue weighted by Crippen LogP contribution is -2.49. The fourth-order valence-corrected chi connectivity index (χ4v) is 3.25. The van der Waals surface area contributed by atoms with Crippen molar-refractivity contribution in [1.82, 2.24) is 15.6 Å². The van der Waals surface area contributed by atoms with Crippen LogP contribution in [0.25, 0.3) is 0 Å². The average Bonchev–Trinajstić information content (AvgIpc) is 2.73. The lowest BCUT2D eigenvalue weighted by atomic mass is 10.1. The number of hydrogen-bond acceptors (Lipinski definition) is 4. The van der Waals surface area contributed by atoms with Gasteiger partial charge in [-0.25, -0.2) is 13.8 Å². The molecule has 29 heavy (non-hydrogen) atoms. The molecule has 2 N–H and O–H groups in total. The summed E-state index contributed by atoms with van der Waals surface area (Å²) in [5, 5.41) is 6.61. The van der Waals surface area contributed by atoms with Crippen molar-refractivity contribution in [3.8, 4) is 5.75 Å². The molecule has 1 saturated heterocycles. The van der Waals surface area contributed by atoms with Crippen molar-refractivity contribution in [3.05, 3.63) is 53.7 Å². The number of nitrogens with one attached hydrogen (secondary N) is 2. The predicted molar refractivity (Wildman–Crippen MR) is 111 cm³/mol. The van der Waals surface area contributed by atoms with E-state index < -0.39 is 11.6 Å². The van der Waals surface area contributed by atoms with Crippen LogP contribution in [0.2, 0.25) is 0 Å². The van der Waals surface area contributed by atoms with Gasteiger partial charge in [-0.15, -0.1) is 0 Å². The maximum Gasteiger partial charge on any atom is 0.191 e. The minimum Gasteiger partial charge on any atom is -0.492 e. The van der Waals surface area contributed by atoms with Gasteiger partial charge in [0.15, 0.2) is 17.6 Å². The Balaban J connectivity index is 1.38. The zero-order valence-electron chi connectivity index (χ0n) is 16.8. The first kappa shape index (κ1) is 20.8. The van der Waals surface area contributed by atoms with E-state index in [1.165, 1.54) is 6.07 Å². The molecule has 0 unspecified atom stereocenters. The zero-order valence-corrected chi connectivity index (χ0v) is 16.8. The van der Waals surface area contributed by atoms with Gasteiger partial charge in [-0.1, -0.05) is 6.07 Å². The van der Waals surface area contributed by atoms with Crippen LogP contribution in [0.4, 0.5) is 14.6 Å². The molecule has 1 fully saturated rings. The molecular formula is C21H27F2N5O. The standard InChI is InChI=1S/C21H27F2N5O/c1-15-4-3-5-20(26-15)28-11-8-16(9-12-28)27-21(24-2)25-10-13-29-17-6-7-18(22)19(23)14-17/h3-7,14,16H,8-13H2,1-2H3,(H2,24,25,27). The van der Waals surface area contributed by atoms with Crippen LogP contribution in [0.1, 0.15) is 18.5 Å². The second-order valence-corrected chi connectivity index (χ2v) is 6.97. The molecule has 8 heteroatoms. The van der Waals surface area contributed by atoms with E-state index in [4.69, 9.17) is 4.74 Å². The number of aryl methyl sites for hydroxylation is 1. The summed E-state index contributed by atoms with van der Waals surface area (Å²) in [6.45, 7) is 4.67. The van der Waals surface area contributed by atoms with E-state index in [1.54, 1.807) is 7.05 Å². The topological polar surface area (TPSA) is 61.8 Å². The van der Waals surface area contributed by atoms with E-state index in [0.29, 0.717) is 30.9 Å². The number of piperidine rings is 1. The number of aromatic nitrogens is 1. The third-order valence-corrected chi connectivity index (χ3v) is 4.81. The highest BCUT2D eigenvalue weighted by Gasteiger charge is 2.20. The number of rotatable bonds is 6. The Bertz CT molecular complexity index is 838. The average molecular weight is 403 g/mol. The normalized spacial score (nSPS) is 15.3. The minimum atomic E-state index is -0.917. The second kappa shape index (κ2) is 10.0. The zero-order chi connectivity index (χ0) is 20.6. The van der Waals surface area contributed by atoms with Gasteiger partial charge in [0.2, 0.25) is 0 Å². The van der Waals surface area contributed by atoms with Gasteiger partial charge in [-0.2, -0.15) is 0 Å². The summed E-state index contributed by atoms with van der Waals surface area (Å²) >= 11 is 0. The van der Waals surface area contributed by atoms with Gasteiger partial charge in [0.05, 0.1) is 6.54 Å². The van der Waals surface area contributed by atoms with Gasteiger partial charge < -0.3 is 20.3 Å². The van der Waals surface area contributed by atoms with Crippen LogP contribution in [0, 0.1) is 18.6 Å². The molecule has 0 spiro atoms. The number of anilines is 1. The Kier molecular flexibility index (Phi) is 7.21. The Labute approximate surface area is 170 Å². The number of ether oxygens (including phenoxy) is 1. The first-order valence-electron chi connectivity index (χ1n) is 9.79. The number of hydrogen-bond donors (Lipinski definition) is 2. The van der Waals surface area contributed by atoms with Crippen molar-refractivity contribution < 1.29 is 13.5 Å². The molecule has 0 bridgehead atoms. The molecule has 6 nitrogen and oxygen atoms in total. The van der Waals surface area contributed by atoms with E-state index in [1.807, 2.05) is 25.1 Å². The lowest BCUT2D eigenvalue weighted by Gasteiger charge is -2.34. The number of halogens is 2. The fraction of sp³-hybridized carbons (Fsp3) is 0.429. The summed E-state index contributed by atoms with van der Waals surface area (Å²) in [6.07, 6.45) is 1.98. The summed E-state index contributed by atoms with van der Waals surface area (Å²) in [4.78, 5) is 11.1. The van der Waals surface area contributed by atoms with E-state index in [-0.39, 0.29) is 0 Å². The van der Waals surface area contributed by atoms with Gasteiger partial charge in [-0.3, -0.25) is 4.99 Å². The van der Waals surface area contributed by atoms with Gasteiger partial charge in [0.1, 0.15) is 18.2 Å². The Morgan fingerprint density at radius 1 is 1.21 bits per heavy atom. The van der Waals surface area contributed by atoms with E-state index in [0.717, 1.165) is 49.6 Å². The molecule has 0 aliphatic carbocycles. The molecule has 0 radical (unpaired) electrons. The van der Waals surface area contributed by atoms with Crippen molar-refractivity contribution in [3.63, 3.8) is 0 Å². The molecule has 2 aromatic rings. The molecule has 0 saturated carbocycles. The Hall–Kier alpha value is -2.90. The SMILES string of the molecule is CN=C(NCCOc1ccc(F)c(F)c1)NC1CCN(c2cccc(C)n2)CC1. The van der Waals surface area contributed by atoms with Crippen molar-refractivity contribution in [1.29, 1.82) is 0 Å². The maximum absolute atomic E-state index is 13.2. The number of aliphatic imine (C=N–C) groups is 1. The second-order valence-electron chi connectivity index (χ2n) is 6.97. The predicted octanol–water partition coefficient (Wildman–Crippen LogP) is 2.88. The van der Waals surface area contributed by atoms with Crippen LogP contribution in [-0.4, -0.2) is 50.3 Å². The summed E-state index contributed by atoms with van der Waals surface area (Å²) in [5.41, 5.74) is 1.03. The number of benzene rings is 1. The monoisotopic (exact) mass is 403 g/mol. The van der Waals surface area contributed by atoms with Crippen LogP contribution in [0.3, 0.4) is 0 Å². The number of nitrogens with zero attached hydrogens (tertiary/aromatic N) is 3. The van der Waals surface area contributed by atoms with Crippen molar-refractivity contribution in [2.75, 3.05) is 38.2 Å². The van der Waals surface area contributed by atoms with Gasteiger partial charge in [-0.05, 0) is 44.0 Å². The first-order chi connectivity index (χ1) is 14.0. The van der Waals surface area contributed by atoms with Crippen LogP contribution in [-0.2, 0) is 0 Å². The van der Waals surface area contributed by atoms with Crippen LogP contribution < -0.4 is 20.3 Å². The Morgan fingerprint density at radius 3 is 2.69 bits per heavy atom. The molecule has 1 aromatic carbocycles. The molecule has 1 aliphatic rings. The molecule has 0 atom stereocenters. The molecule has 0 amide bonds. The first-order valence-corrected chi connectivity index (χ1v) is 9.79. The largest absolute Gasteiger partial charge is 0.492 e. The van der Waals surface area contributed by atoms with Crippen LogP contribution in [0.5, 0.6) is 5.75 Å². The van der Waals surface area contributed by atoms with Crippen molar-refractivity contribution >= 4 is 11.8 Å². The van der Waals surface area contributed by atoms with Gasteiger partial charge in [0, 0.05) is 37.9 Å². The quantitative estimate of drug-likeness (QED) is 0.441. The third kappa shape index (κ3) is 6.04. The van der Waals surface area contributed by atoms with Crippen molar-refractivity contribution in [2.24, 2.45) is 4.99 Å². The van der Waals surface area contributed by atoms with E-state index in [2.05, 4.69) is 25.5 Å².